The van der Waals surface area contributed by atoms with Gasteiger partial charge in [-0.05, 0) is 38.9 Å². The summed E-state index contributed by atoms with van der Waals surface area (Å²) in [6.45, 7) is 15.9. The molecule has 0 aromatic rings. The van der Waals surface area contributed by atoms with Gasteiger partial charge in [-0.15, -0.1) is 0 Å². The van der Waals surface area contributed by atoms with Gasteiger partial charge in [0.05, 0.1) is 0 Å². The molecule has 0 radical (unpaired) electrons. The van der Waals surface area contributed by atoms with Crippen LogP contribution in [0.25, 0.3) is 0 Å². The lowest BCUT2D eigenvalue weighted by atomic mass is 10.2. The van der Waals surface area contributed by atoms with Gasteiger partial charge in [0.1, 0.15) is 0 Å². The number of hydrogen-bond donors (Lipinski definition) is 3. The minimum Gasteiger partial charge on any atom is -0.315 e. The lowest BCUT2D eigenvalue weighted by Gasteiger charge is -2.23. The van der Waals surface area contributed by atoms with E-state index in [2.05, 4.69) is 41.6 Å². The topological polar surface area (TPSA) is 39.3 Å². The van der Waals surface area contributed by atoms with Crippen LogP contribution in [0.5, 0.6) is 0 Å². The summed E-state index contributed by atoms with van der Waals surface area (Å²) in [5.74, 6) is 0. The van der Waals surface area contributed by atoms with E-state index in [-0.39, 0.29) is 0 Å². The molecular formula is C23H52N4. The molecule has 0 saturated carbocycles. The molecule has 0 unspecified atom stereocenters. The van der Waals surface area contributed by atoms with Gasteiger partial charge in [0.15, 0.2) is 0 Å². The number of nitrogens with one attached hydrogen (secondary N) is 3. The quantitative estimate of drug-likeness (QED) is 0.175. The molecule has 0 amide bonds. The SMILES string of the molecule is CCCCCCNCCN(CCNCCCCCC)CNCCCCCC. The maximum atomic E-state index is 3.65. The van der Waals surface area contributed by atoms with Crippen molar-refractivity contribution in [1.82, 2.24) is 20.9 Å². The number of nitrogens with zero attached hydrogens (tertiary/aromatic N) is 1. The fourth-order valence-corrected chi connectivity index (χ4v) is 3.26. The standard InChI is InChI=1S/C23H52N4/c1-4-7-10-13-16-24-19-21-27(23-26-18-15-12-9-6-3)22-20-25-17-14-11-8-5-2/h24-26H,4-23H2,1-3H3. The zero-order valence-electron chi connectivity index (χ0n) is 19.1. The molecule has 3 N–H and O–H groups in total. The Kier molecular flexibility index (Phi) is 23.7. The average Bonchev–Trinajstić information content (AvgIpc) is 2.68. The Balaban J connectivity index is 3.78. The van der Waals surface area contributed by atoms with E-state index in [4.69, 9.17) is 0 Å². The Hall–Kier alpha value is -0.160. The summed E-state index contributed by atoms with van der Waals surface area (Å²) in [6, 6.07) is 0. The molecule has 0 spiro atoms. The molecule has 0 saturated heterocycles. The van der Waals surface area contributed by atoms with E-state index in [1.54, 1.807) is 0 Å². The molecule has 0 heterocycles. The lowest BCUT2D eigenvalue weighted by molar-refractivity contribution is 0.251. The van der Waals surface area contributed by atoms with Gasteiger partial charge in [0.2, 0.25) is 0 Å². The molecule has 0 aromatic carbocycles. The van der Waals surface area contributed by atoms with E-state index in [9.17, 15) is 0 Å². The predicted molar refractivity (Wildman–Crippen MR) is 123 cm³/mol. The van der Waals surface area contributed by atoms with E-state index in [0.29, 0.717) is 0 Å². The number of unbranched alkanes of at least 4 members (excludes halogenated alkanes) is 9. The molecular weight excluding hydrogens is 332 g/mol. The van der Waals surface area contributed by atoms with Crippen LogP contribution in [0.15, 0.2) is 0 Å². The summed E-state index contributed by atoms with van der Waals surface area (Å²) in [4.78, 5) is 2.57. The number of hydrogen-bond acceptors (Lipinski definition) is 4. The largest absolute Gasteiger partial charge is 0.315 e. The first-order valence-electron chi connectivity index (χ1n) is 12.2. The molecule has 0 atom stereocenters. The van der Waals surface area contributed by atoms with Crippen molar-refractivity contribution in [3.8, 4) is 0 Å². The van der Waals surface area contributed by atoms with Crippen LogP contribution in [0.2, 0.25) is 0 Å². The maximum Gasteiger partial charge on any atom is 0.0481 e. The van der Waals surface area contributed by atoms with Gasteiger partial charge in [0, 0.05) is 32.8 Å². The molecule has 0 aromatic heterocycles. The van der Waals surface area contributed by atoms with Gasteiger partial charge in [-0.1, -0.05) is 78.6 Å². The minimum absolute atomic E-state index is 1.03. The van der Waals surface area contributed by atoms with Crippen molar-refractivity contribution in [3.05, 3.63) is 0 Å². The van der Waals surface area contributed by atoms with Crippen molar-refractivity contribution in [2.75, 3.05) is 52.5 Å². The molecule has 0 bridgehead atoms. The fourth-order valence-electron chi connectivity index (χ4n) is 3.26. The van der Waals surface area contributed by atoms with Gasteiger partial charge in [-0.2, -0.15) is 0 Å². The van der Waals surface area contributed by atoms with Crippen molar-refractivity contribution in [2.24, 2.45) is 0 Å². The second-order valence-electron chi connectivity index (χ2n) is 7.96. The van der Waals surface area contributed by atoms with E-state index < -0.39 is 0 Å². The molecule has 0 aliphatic carbocycles. The van der Waals surface area contributed by atoms with Crippen LogP contribution < -0.4 is 16.0 Å². The highest BCUT2D eigenvalue weighted by Gasteiger charge is 2.04. The Labute approximate surface area is 171 Å². The highest BCUT2D eigenvalue weighted by Crippen LogP contribution is 1.98. The Morgan fingerprint density at radius 2 is 0.852 bits per heavy atom. The van der Waals surface area contributed by atoms with Crippen LogP contribution in [0.1, 0.15) is 97.8 Å². The third-order valence-electron chi connectivity index (χ3n) is 5.17. The summed E-state index contributed by atoms with van der Waals surface area (Å²) in [7, 11) is 0. The first-order chi connectivity index (χ1) is 13.3. The van der Waals surface area contributed by atoms with Crippen molar-refractivity contribution < 1.29 is 0 Å². The van der Waals surface area contributed by atoms with Crippen molar-refractivity contribution in [3.63, 3.8) is 0 Å². The molecule has 0 rings (SSSR count). The average molecular weight is 385 g/mol. The van der Waals surface area contributed by atoms with Crippen LogP contribution >= 0.6 is 0 Å². The molecule has 164 valence electrons. The van der Waals surface area contributed by atoms with E-state index in [0.717, 1.165) is 39.4 Å². The summed E-state index contributed by atoms with van der Waals surface area (Å²) in [6.07, 6.45) is 16.1. The highest BCUT2D eigenvalue weighted by atomic mass is 15.2. The number of rotatable bonds is 23. The molecule has 0 fully saturated rings. The van der Waals surface area contributed by atoms with Crippen molar-refractivity contribution >= 4 is 0 Å². The summed E-state index contributed by atoms with van der Waals surface area (Å²) in [5, 5.41) is 10.9. The van der Waals surface area contributed by atoms with Crippen molar-refractivity contribution in [1.29, 1.82) is 0 Å². The Morgan fingerprint density at radius 3 is 1.26 bits per heavy atom. The van der Waals surface area contributed by atoms with Gasteiger partial charge < -0.3 is 16.0 Å². The zero-order chi connectivity index (χ0) is 19.8. The van der Waals surface area contributed by atoms with Crippen LogP contribution in [0.4, 0.5) is 0 Å². The second kappa shape index (κ2) is 23.9. The van der Waals surface area contributed by atoms with Gasteiger partial charge in [-0.3, -0.25) is 4.90 Å². The lowest BCUT2D eigenvalue weighted by Crippen LogP contribution is -2.42. The highest BCUT2D eigenvalue weighted by molar-refractivity contribution is 4.62. The third kappa shape index (κ3) is 22.0. The van der Waals surface area contributed by atoms with E-state index in [1.807, 2.05) is 0 Å². The second-order valence-corrected chi connectivity index (χ2v) is 7.96. The smallest absolute Gasteiger partial charge is 0.0481 e. The van der Waals surface area contributed by atoms with Gasteiger partial charge in [0.25, 0.3) is 0 Å². The first-order valence-corrected chi connectivity index (χ1v) is 12.2. The fraction of sp³-hybridized carbons (Fsp3) is 1.00. The first kappa shape index (κ1) is 26.8. The normalized spacial score (nSPS) is 11.6. The van der Waals surface area contributed by atoms with Crippen LogP contribution in [0, 0.1) is 0 Å². The van der Waals surface area contributed by atoms with Crippen LogP contribution in [0.3, 0.4) is 0 Å². The molecule has 27 heavy (non-hydrogen) atoms. The zero-order valence-corrected chi connectivity index (χ0v) is 19.1. The monoisotopic (exact) mass is 384 g/mol. The Morgan fingerprint density at radius 1 is 0.444 bits per heavy atom. The molecule has 4 heteroatoms. The third-order valence-corrected chi connectivity index (χ3v) is 5.17. The van der Waals surface area contributed by atoms with Gasteiger partial charge in [-0.25, -0.2) is 0 Å². The van der Waals surface area contributed by atoms with Gasteiger partial charge >= 0.3 is 0 Å². The summed E-state index contributed by atoms with van der Waals surface area (Å²) in [5.41, 5.74) is 0. The van der Waals surface area contributed by atoms with E-state index >= 15 is 0 Å². The van der Waals surface area contributed by atoms with Crippen LogP contribution in [-0.2, 0) is 0 Å². The predicted octanol–water partition coefficient (Wildman–Crippen LogP) is 4.76. The Bertz CT molecular complexity index is 243. The molecule has 0 aliphatic heterocycles. The van der Waals surface area contributed by atoms with Crippen LogP contribution in [-0.4, -0.2) is 57.4 Å². The minimum atomic E-state index is 1.03. The summed E-state index contributed by atoms with van der Waals surface area (Å²) < 4.78 is 0. The molecule has 4 nitrogen and oxygen atoms in total. The van der Waals surface area contributed by atoms with E-state index in [1.165, 1.54) is 90.1 Å². The van der Waals surface area contributed by atoms with Crippen molar-refractivity contribution in [2.45, 2.75) is 97.8 Å². The maximum absolute atomic E-state index is 3.65. The molecule has 0 aliphatic rings. The summed E-state index contributed by atoms with van der Waals surface area (Å²) >= 11 is 0.